The monoisotopic (exact) mass is 491 g/mol. The van der Waals surface area contributed by atoms with Crippen LogP contribution in [0.15, 0.2) is 54.3 Å². The third-order valence-corrected chi connectivity index (χ3v) is 6.80. The van der Waals surface area contributed by atoms with Crippen molar-refractivity contribution in [1.29, 1.82) is 0 Å². The number of fused-ring (bicyclic) bond motifs is 1. The van der Waals surface area contributed by atoms with E-state index in [1.54, 1.807) is 40.3 Å². The molecule has 2 N–H and O–H groups in total. The Morgan fingerprint density at radius 1 is 1.26 bits per heavy atom. The van der Waals surface area contributed by atoms with Gasteiger partial charge in [0.25, 0.3) is 0 Å². The maximum atomic E-state index is 12.8. The highest BCUT2D eigenvalue weighted by atomic mass is 32.1. The van der Waals surface area contributed by atoms with Gasteiger partial charge < -0.3 is 20.3 Å². The van der Waals surface area contributed by atoms with Crippen LogP contribution in [-0.4, -0.2) is 51.8 Å². The Balaban J connectivity index is 1.17. The zero-order valence-corrected chi connectivity index (χ0v) is 20.0. The van der Waals surface area contributed by atoms with Crippen molar-refractivity contribution in [1.82, 2.24) is 25.1 Å². The van der Waals surface area contributed by atoms with Gasteiger partial charge in [-0.3, -0.25) is 9.59 Å². The molecule has 11 heteroatoms. The number of amides is 2. The van der Waals surface area contributed by atoms with Gasteiger partial charge in [-0.05, 0) is 23.6 Å². The molecule has 3 aromatic heterocycles. The Morgan fingerprint density at radius 2 is 2.17 bits per heavy atom. The average molecular weight is 492 g/mol. The molecule has 0 spiro atoms. The largest absolute Gasteiger partial charge is 0.497 e. The van der Waals surface area contributed by atoms with Crippen molar-refractivity contribution >= 4 is 45.7 Å². The molecule has 1 aromatic carbocycles. The number of methoxy groups -OCH3 is 1. The van der Waals surface area contributed by atoms with Crippen LogP contribution in [0.2, 0.25) is 0 Å². The van der Waals surface area contributed by atoms with E-state index in [4.69, 9.17) is 4.74 Å². The number of carbonyl (C=O) groups excluding carboxylic acids is 2. The first-order valence-electron chi connectivity index (χ1n) is 11.3. The van der Waals surface area contributed by atoms with Crippen LogP contribution in [-0.2, 0) is 22.7 Å². The molecule has 4 aromatic rings. The van der Waals surface area contributed by atoms with E-state index >= 15 is 0 Å². The van der Waals surface area contributed by atoms with Gasteiger partial charge in [0.1, 0.15) is 17.9 Å². The van der Waals surface area contributed by atoms with Crippen LogP contribution in [0.3, 0.4) is 0 Å². The number of ether oxygens (including phenoxy) is 1. The van der Waals surface area contributed by atoms with Gasteiger partial charge in [0.2, 0.25) is 11.8 Å². The number of aromatic nitrogens is 4. The van der Waals surface area contributed by atoms with Gasteiger partial charge in [0, 0.05) is 36.1 Å². The van der Waals surface area contributed by atoms with Crippen LogP contribution in [0, 0.1) is 5.92 Å². The molecule has 4 heterocycles. The maximum Gasteiger partial charge on any atom is 0.227 e. The molecule has 0 aliphatic carbocycles. The van der Waals surface area contributed by atoms with E-state index in [-0.39, 0.29) is 18.2 Å². The van der Waals surface area contributed by atoms with Crippen molar-refractivity contribution in [2.45, 2.75) is 19.5 Å². The van der Waals surface area contributed by atoms with Crippen molar-refractivity contribution in [3.05, 3.63) is 59.2 Å². The quantitative estimate of drug-likeness (QED) is 0.370. The van der Waals surface area contributed by atoms with Crippen molar-refractivity contribution in [3.63, 3.8) is 0 Å². The Labute approximate surface area is 205 Å². The second-order valence-corrected chi connectivity index (χ2v) is 9.19. The van der Waals surface area contributed by atoms with Gasteiger partial charge in [0.15, 0.2) is 5.65 Å². The highest BCUT2D eigenvalue weighted by Gasteiger charge is 2.35. The first-order chi connectivity index (χ1) is 17.1. The van der Waals surface area contributed by atoms with Gasteiger partial charge >= 0.3 is 0 Å². The molecule has 1 atom stereocenters. The third kappa shape index (κ3) is 4.94. The molecule has 2 amide bonds. The van der Waals surface area contributed by atoms with Crippen LogP contribution < -0.4 is 20.3 Å². The SMILES string of the molecule is COc1cccc(N2CC(C(=O)NCCn3ncc4c(NCc5cccs5)ncnc43)CC2=O)c1. The number of benzene rings is 1. The number of nitrogens with zero attached hydrogens (tertiary/aromatic N) is 5. The standard InChI is InChI=1S/C24H25N7O3S/c1-34-18-5-2-4-17(11-18)30-14-16(10-21(30)32)24(33)25-7-8-31-23-20(13-29-31)22(27-15-28-23)26-12-19-6-3-9-35-19/h2-6,9,11,13,15-16H,7-8,10,12,14H2,1H3,(H,25,33)(H,26,27,28). The zero-order chi connectivity index (χ0) is 24.2. The van der Waals surface area contributed by atoms with Crippen LogP contribution in [0.5, 0.6) is 5.75 Å². The second-order valence-electron chi connectivity index (χ2n) is 8.16. The molecule has 35 heavy (non-hydrogen) atoms. The number of nitrogens with one attached hydrogen (secondary N) is 2. The zero-order valence-electron chi connectivity index (χ0n) is 19.2. The number of carbonyl (C=O) groups is 2. The lowest BCUT2D eigenvalue weighted by Gasteiger charge is -2.17. The second kappa shape index (κ2) is 10.1. The van der Waals surface area contributed by atoms with E-state index in [0.29, 0.717) is 37.6 Å². The molecule has 0 radical (unpaired) electrons. The number of rotatable bonds is 9. The summed E-state index contributed by atoms with van der Waals surface area (Å²) in [5, 5.41) is 13.6. The summed E-state index contributed by atoms with van der Waals surface area (Å²) < 4.78 is 6.99. The van der Waals surface area contributed by atoms with Crippen LogP contribution in [0.1, 0.15) is 11.3 Å². The lowest BCUT2D eigenvalue weighted by molar-refractivity contribution is -0.126. The van der Waals surface area contributed by atoms with E-state index in [2.05, 4.69) is 31.8 Å². The summed E-state index contributed by atoms with van der Waals surface area (Å²) >= 11 is 1.68. The van der Waals surface area contributed by atoms with E-state index in [1.807, 2.05) is 29.6 Å². The fourth-order valence-corrected chi connectivity index (χ4v) is 4.77. The minimum atomic E-state index is -0.404. The number of hydrogen-bond acceptors (Lipinski definition) is 8. The highest BCUT2D eigenvalue weighted by molar-refractivity contribution is 7.09. The van der Waals surface area contributed by atoms with Gasteiger partial charge in [0.05, 0.1) is 37.7 Å². The smallest absolute Gasteiger partial charge is 0.227 e. The van der Waals surface area contributed by atoms with Crippen molar-refractivity contribution in [3.8, 4) is 5.75 Å². The van der Waals surface area contributed by atoms with Gasteiger partial charge in [-0.25, -0.2) is 14.6 Å². The summed E-state index contributed by atoms with van der Waals surface area (Å²) in [6.45, 7) is 1.85. The summed E-state index contributed by atoms with van der Waals surface area (Å²) in [4.78, 5) is 36.8. The minimum absolute atomic E-state index is 0.0734. The Morgan fingerprint density at radius 3 is 3.00 bits per heavy atom. The Bertz CT molecular complexity index is 1340. The molecule has 1 aliphatic heterocycles. The summed E-state index contributed by atoms with van der Waals surface area (Å²) in [5.41, 5.74) is 1.43. The molecular formula is C24H25N7O3S. The van der Waals surface area contributed by atoms with Gasteiger partial charge in [-0.2, -0.15) is 5.10 Å². The first-order valence-corrected chi connectivity index (χ1v) is 12.1. The minimum Gasteiger partial charge on any atom is -0.497 e. The number of hydrogen-bond donors (Lipinski definition) is 2. The highest BCUT2D eigenvalue weighted by Crippen LogP contribution is 2.28. The fourth-order valence-electron chi connectivity index (χ4n) is 4.12. The molecule has 0 bridgehead atoms. The summed E-state index contributed by atoms with van der Waals surface area (Å²) in [6, 6.07) is 11.4. The summed E-state index contributed by atoms with van der Waals surface area (Å²) in [6.07, 6.45) is 3.42. The van der Waals surface area contributed by atoms with E-state index in [0.717, 1.165) is 16.9 Å². The molecule has 1 fully saturated rings. The molecule has 1 aliphatic rings. The lowest BCUT2D eigenvalue weighted by atomic mass is 10.1. The van der Waals surface area contributed by atoms with Crippen LogP contribution >= 0.6 is 11.3 Å². The van der Waals surface area contributed by atoms with E-state index in [9.17, 15) is 9.59 Å². The van der Waals surface area contributed by atoms with E-state index < -0.39 is 5.92 Å². The predicted molar refractivity (Wildman–Crippen MR) is 133 cm³/mol. The molecule has 10 nitrogen and oxygen atoms in total. The topological polar surface area (TPSA) is 114 Å². The predicted octanol–water partition coefficient (Wildman–Crippen LogP) is 2.68. The maximum absolute atomic E-state index is 12.8. The normalized spacial score (nSPS) is 15.5. The molecule has 5 rings (SSSR count). The molecular weight excluding hydrogens is 466 g/mol. The summed E-state index contributed by atoms with van der Waals surface area (Å²) in [5.74, 6) is 0.770. The fraction of sp³-hybridized carbons (Fsp3) is 0.292. The van der Waals surface area contributed by atoms with Crippen LogP contribution in [0.4, 0.5) is 11.5 Å². The molecule has 1 unspecified atom stereocenters. The van der Waals surface area contributed by atoms with Crippen molar-refractivity contribution in [2.24, 2.45) is 5.92 Å². The van der Waals surface area contributed by atoms with Crippen molar-refractivity contribution < 1.29 is 14.3 Å². The molecule has 180 valence electrons. The van der Waals surface area contributed by atoms with E-state index in [1.165, 1.54) is 11.2 Å². The van der Waals surface area contributed by atoms with Gasteiger partial charge in [-0.1, -0.05) is 12.1 Å². The lowest BCUT2D eigenvalue weighted by Crippen LogP contribution is -2.35. The van der Waals surface area contributed by atoms with Crippen molar-refractivity contribution in [2.75, 3.05) is 30.4 Å². The molecule has 0 saturated carbocycles. The average Bonchev–Trinajstić information content (AvgIpc) is 3.63. The third-order valence-electron chi connectivity index (χ3n) is 5.93. The summed E-state index contributed by atoms with van der Waals surface area (Å²) in [7, 11) is 1.58. The number of anilines is 2. The van der Waals surface area contributed by atoms with Crippen LogP contribution in [0.25, 0.3) is 11.0 Å². The first kappa shape index (κ1) is 22.8. The Hall–Kier alpha value is -3.99. The number of thiophene rings is 1. The Kier molecular flexibility index (Phi) is 6.57. The molecule has 1 saturated heterocycles. The van der Waals surface area contributed by atoms with Gasteiger partial charge in [-0.15, -0.1) is 11.3 Å².